The Bertz CT molecular complexity index is 360. The lowest BCUT2D eigenvalue weighted by Gasteiger charge is -2.34. The lowest BCUT2D eigenvalue weighted by Crippen LogP contribution is -2.35. The molecule has 1 aliphatic rings. The van der Waals surface area contributed by atoms with Gasteiger partial charge in [-0.1, -0.05) is 31.5 Å². The van der Waals surface area contributed by atoms with Gasteiger partial charge in [0.1, 0.15) is 0 Å². The maximum absolute atomic E-state index is 6.20. The number of benzene rings is 1. The summed E-state index contributed by atoms with van der Waals surface area (Å²) in [6.45, 7) is 4.47. The van der Waals surface area contributed by atoms with Crippen molar-refractivity contribution in [1.29, 1.82) is 0 Å². The van der Waals surface area contributed by atoms with E-state index in [4.69, 9.17) is 17.3 Å². The SMILES string of the molecule is CC(C)C1c2cc(Cl)ccc2CCC1N. The Kier molecular flexibility index (Phi) is 3.03. The summed E-state index contributed by atoms with van der Waals surface area (Å²) in [6, 6.07) is 6.52. The molecule has 1 nitrogen and oxygen atoms in total. The number of aryl methyl sites for hydroxylation is 1. The average molecular weight is 224 g/mol. The van der Waals surface area contributed by atoms with Gasteiger partial charge in [0.05, 0.1) is 0 Å². The molecule has 15 heavy (non-hydrogen) atoms. The summed E-state index contributed by atoms with van der Waals surface area (Å²) in [5.74, 6) is 1.05. The standard InChI is InChI=1S/C13H18ClN/c1-8(2)13-11-7-10(14)5-3-9(11)4-6-12(13)15/h3,5,7-8,12-13H,4,6,15H2,1-2H3. The monoisotopic (exact) mass is 223 g/mol. The molecule has 2 unspecified atom stereocenters. The minimum absolute atomic E-state index is 0.288. The number of nitrogens with two attached hydrogens (primary N) is 1. The molecule has 1 aromatic rings. The van der Waals surface area contributed by atoms with E-state index in [0.29, 0.717) is 11.8 Å². The Hall–Kier alpha value is -0.530. The van der Waals surface area contributed by atoms with Crippen LogP contribution in [0, 0.1) is 5.92 Å². The maximum Gasteiger partial charge on any atom is 0.0409 e. The molecule has 0 amide bonds. The topological polar surface area (TPSA) is 26.0 Å². The quantitative estimate of drug-likeness (QED) is 0.777. The highest BCUT2D eigenvalue weighted by Gasteiger charge is 2.29. The maximum atomic E-state index is 6.20. The molecule has 2 heteroatoms. The van der Waals surface area contributed by atoms with Crippen LogP contribution in [0.1, 0.15) is 37.3 Å². The third-order valence-electron chi connectivity index (χ3n) is 3.39. The molecule has 2 N–H and O–H groups in total. The van der Waals surface area contributed by atoms with Gasteiger partial charge in [-0.2, -0.15) is 0 Å². The first-order valence-corrected chi connectivity index (χ1v) is 6.01. The first kappa shape index (κ1) is 11.0. The highest BCUT2D eigenvalue weighted by molar-refractivity contribution is 6.30. The first-order chi connectivity index (χ1) is 7.09. The van der Waals surface area contributed by atoms with Gasteiger partial charge < -0.3 is 5.73 Å². The molecule has 1 aliphatic carbocycles. The van der Waals surface area contributed by atoms with E-state index in [9.17, 15) is 0 Å². The lowest BCUT2D eigenvalue weighted by molar-refractivity contribution is 0.379. The summed E-state index contributed by atoms with van der Waals surface area (Å²) in [4.78, 5) is 0. The first-order valence-electron chi connectivity index (χ1n) is 5.63. The molecule has 0 radical (unpaired) electrons. The Morgan fingerprint density at radius 3 is 2.80 bits per heavy atom. The van der Waals surface area contributed by atoms with Gasteiger partial charge in [0, 0.05) is 17.0 Å². The van der Waals surface area contributed by atoms with Gasteiger partial charge in [-0.3, -0.25) is 0 Å². The van der Waals surface area contributed by atoms with Crippen molar-refractivity contribution in [3.05, 3.63) is 34.3 Å². The molecular formula is C13H18ClN. The van der Waals surface area contributed by atoms with Crippen LogP contribution in [0.5, 0.6) is 0 Å². The highest BCUT2D eigenvalue weighted by atomic mass is 35.5. The van der Waals surface area contributed by atoms with Crippen LogP contribution in [0.15, 0.2) is 18.2 Å². The zero-order valence-electron chi connectivity index (χ0n) is 9.33. The third-order valence-corrected chi connectivity index (χ3v) is 3.63. The number of hydrogen-bond donors (Lipinski definition) is 1. The molecule has 0 bridgehead atoms. The van der Waals surface area contributed by atoms with E-state index in [1.165, 1.54) is 11.1 Å². The van der Waals surface area contributed by atoms with E-state index in [1.54, 1.807) is 0 Å². The second-order valence-electron chi connectivity index (χ2n) is 4.82. The summed E-state index contributed by atoms with van der Waals surface area (Å²) in [6.07, 6.45) is 2.19. The fraction of sp³-hybridized carbons (Fsp3) is 0.538. The van der Waals surface area contributed by atoms with E-state index in [2.05, 4.69) is 26.0 Å². The molecule has 0 saturated heterocycles. The van der Waals surface area contributed by atoms with Crippen molar-refractivity contribution in [3.8, 4) is 0 Å². The largest absolute Gasteiger partial charge is 0.327 e. The van der Waals surface area contributed by atoms with Gasteiger partial charge in [-0.25, -0.2) is 0 Å². The number of hydrogen-bond acceptors (Lipinski definition) is 1. The van der Waals surface area contributed by atoms with Crippen molar-refractivity contribution < 1.29 is 0 Å². The predicted octanol–water partition coefficient (Wildman–Crippen LogP) is 3.35. The summed E-state index contributed by atoms with van der Waals surface area (Å²) in [7, 11) is 0. The van der Waals surface area contributed by atoms with Crippen LogP contribution in [0.2, 0.25) is 5.02 Å². The second-order valence-corrected chi connectivity index (χ2v) is 5.25. The van der Waals surface area contributed by atoms with Crippen molar-refractivity contribution in [1.82, 2.24) is 0 Å². The fourth-order valence-electron chi connectivity index (χ4n) is 2.69. The number of halogens is 1. The highest BCUT2D eigenvalue weighted by Crippen LogP contribution is 2.37. The zero-order valence-corrected chi connectivity index (χ0v) is 10.1. The van der Waals surface area contributed by atoms with Crippen LogP contribution in [0.3, 0.4) is 0 Å². The summed E-state index contributed by atoms with van der Waals surface area (Å²) in [5, 5.41) is 0.827. The minimum Gasteiger partial charge on any atom is -0.327 e. The van der Waals surface area contributed by atoms with Crippen molar-refractivity contribution in [2.45, 2.75) is 38.6 Å². The molecular weight excluding hydrogens is 206 g/mol. The molecule has 2 rings (SSSR count). The van der Waals surface area contributed by atoms with E-state index in [1.807, 2.05) is 6.07 Å². The van der Waals surface area contributed by atoms with Crippen LogP contribution < -0.4 is 5.73 Å². The fourth-order valence-corrected chi connectivity index (χ4v) is 2.87. The van der Waals surface area contributed by atoms with Crippen LogP contribution in [0.25, 0.3) is 0 Å². The third kappa shape index (κ3) is 2.04. The van der Waals surface area contributed by atoms with Gasteiger partial charge in [0.2, 0.25) is 0 Å². The molecule has 0 aromatic heterocycles. The molecule has 0 fully saturated rings. The molecule has 0 spiro atoms. The average Bonchev–Trinajstić information content (AvgIpc) is 2.16. The van der Waals surface area contributed by atoms with Crippen LogP contribution in [-0.2, 0) is 6.42 Å². The summed E-state index contributed by atoms with van der Waals surface area (Å²) in [5.41, 5.74) is 9.00. The van der Waals surface area contributed by atoms with Gasteiger partial charge in [-0.15, -0.1) is 0 Å². The molecule has 0 aliphatic heterocycles. The van der Waals surface area contributed by atoms with Gasteiger partial charge in [0.15, 0.2) is 0 Å². The van der Waals surface area contributed by atoms with Crippen molar-refractivity contribution in [2.75, 3.05) is 0 Å². The second kappa shape index (κ2) is 4.15. The molecule has 1 aromatic carbocycles. The Balaban J connectivity index is 2.46. The molecule has 0 saturated carbocycles. The van der Waals surface area contributed by atoms with Gasteiger partial charge in [0.25, 0.3) is 0 Å². The van der Waals surface area contributed by atoms with Crippen LogP contribution in [0.4, 0.5) is 0 Å². The van der Waals surface area contributed by atoms with Gasteiger partial charge >= 0.3 is 0 Å². The van der Waals surface area contributed by atoms with Crippen LogP contribution in [-0.4, -0.2) is 6.04 Å². The molecule has 82 valence electrons. The molecule has 2 atom stereocenters. The zero-order chi connectivity index (χ0) is 11.0. The van der Waals surface area contributed by atoms with Crippen molar-refractivity contribution in [2.24, 2.45) is 11.7 Å². The van der Waals surface area contributed by atoms with E-state index in [0.717, 1.165) is 17.9 Å². The normalized spacial score (nSPS) is 25.4. The Morgan fingerprint density at radius 2 is 2.13 bits per heavy atom. The van der Waals surface area contributed by atoms with E-state index < -0.39 is 0 Å². The van der Waals surface area contributed by atoms with Crippen molar-refractivity contribution >= 4 is 11.6 Å². The molecule has 0 heterocycles. The predicted molar refractivity (Wildman–Crippen MR) is 65.3 cm³/mol. The Morgan fingerprint density at radius 1 is 1.40 bits per heavy atom. The van der Waals surface area contributed by atoms with Gasteiger partial charge in [-0.05, 0) is 42.0 Å². The number of rotatable bonds is 1. The smallest absolute Gasteiger partial charge is 0.0409 e. The van der Waals surface area contributed by atoms with E-state index >= 15 is 0 Å². The summed E-state index contributed by atoms with van der Waals surface area (Å²) < 4.78 is 0. The van der Waals surface area contributed by atoms with E-state index in [-0.39, 0.29) is 6.04 Å². The minimum atomic E-state index is 0.288. The van der Waals surface area contributed by atoms with Crippen molar-refractivity contribution in [3.63, 3.8) is 0 Å². The number of fused-ring (bicyclic) bond motifs is 1. The van der Waals surface area contributed by atoms with Crippen LogP contribution >= 0.6 is 11.6 Å². The lowest BCUT2D eigenvalue weighted by atomic mass is 9.74. The Labute approximate surface area is 96.6 Å². The summed E-state index contributed by atoms with van der Waals surface area (Å²) >= 11 is 6.05.